The molecule has 0 spiro atoms. The number of carbonyl (C=O) groups is 1. The van der Waals surface area contributed by atoms with Gasteiger partial charge < -0.3 is 4.74 Å². The Kier molecular flexibility index (Phi) is 5.04. The highest BCUT2D eigenvalue weighted by molar-refractivity contribution is 7.91. The van der Waals surface area contributed by atoms with Gasteiger partial charge in [-0.05, 0) is 6.42 Å². The second kappa shape index (κ2) is 6.60. The topological polar surface area (TPSA) is 98.3 Å². The lowest BCUT2D eigenvalue weighted by molar-refractivity contribution is 0.0590. The van der Waals surface area contributed by atoms with E-state index in [0.29, 0.717) is 5.01 Å². The van der Waals surface area contributed by atoms with Gasteiger partial charge in [-0.1, -0.05) is 6.92 Å². The summed E-state index contributed by atoms with van der Waals surface area (Å²) in [6.45, 7) is 2.08. The molecule has 0 aliphatic rings. The van der Waals surface area contributed by atoms with E-state index in [0.717, 1.165) is 22.6 Å². The first kappa shape index (κ1) is 16.0. The van der Waals surface area contributed by atoms with Crippen molar-refractivity contribution in [2.24, 2.45) is 0 Å². The largest absolute Gasteiger partial charge is 0.464 e. The lowest BCUT2D eigenvalue weighted by Gasteiger charge is -2.04. The summed E-state index contributed by atoms with van der Waals surface area (Å²) in [6.07, 6.45) is 2.58. The lowest BCUT2D eigenvalue weighted by atomic mass is 10.4. The maximum Gasteiger partial charge on any atom is 0.358 e. The molecule has 2 aromatic heterocycles. The van der Waals surface area contributed by atoms with Gasteiger partial charge in [0.25, 0.3) is 10.0 Å². The minimum absolute atomic E-state index is 0.0749. The van der Waals surface area contributed by atoms with Crippen molar-refractivity contribution in [2.45, 2.75) is 24.1 Å². The third-order valence-corrected chi connectivity index (χ3v) is 6.43. The van der Waals surface area contributed by atoms with Gasteiger partial charge in [0, 0.05) is 11.1 Å². The molecule has 0 saturated carbocycles. The van der Waals surface area contributed by atoms with Crippen LogP contribution in [0, 0.1) is 0 Å². The zero-order valence-corrected chi connectivity index (χ0v) is 13.8. The summed E-state index contributed by atoms with van der Waals surface area (Å²) in [5, 5.41) is 0.666. The van der Waals surface area contributed by atoms with Crippen molar-refractivity contribution in [3.63, 3.8) is 0 Å². The molecule has 2 aromatic rings. The van der Waals surface area contributed by atoms with Crippen LogP contribution >= 0.6 is 22.7 Å². The van der Waals surface area contributed by atoms with E-state index in [2.05, 4.69) is 19.4 Å². The number of sulfonamides is 1. The Labute approximate surface area is 130 Å². The minimum Gasteiger partial charge on any atom is -0.464 e. The molecule has 0 aliphatic heterocycles. The number of aromatic nitrogens is 2. The normalized spacial score (nSPS) is 11.5. The predicted molar refractivity (Wildman–Crippen MR) is 79.0 cm³/mol. The molecular weight excluding hydrogens is 334 g/mol. The van der Waals surface area contributed by atoms with Crippen LogP contribution < -0.4 is 4.72 Å². The molecule has 0 amide bonds. The second-order valence-corrected chi connectivity index (χ2v) is 7.90. The summed E-state index contributed by atoms with van der Waals surface area (Å²) < 4.78 is 31.2. The molecule has 2 heterocycles. The molecular formula is C11H13N3O4S3. The quantitative estimate of drug-likeness (QED) is 0.794. The van der Waals surface area contributed by atoms with Crippen molar-refractivity contribution in [3.05, 3.63) is 27.3 Å². The number of nitrogens with zero attached hydrogens (tertiary/aromatic N) is 2. The first-order valence-corrected chi connectivity index (χ1v) is 9.11. The summed E-state index contributed by atoms with van der Waals surface area (Å²) in [5.41, 5.74) is 1.09. The molecule has 10 heteroatoms. The van der Waals surface area contributed by atoms with E-state index in [4.69, 9.17) is 0 Å². The van der Waals surface area contributed by atoms with Gasteiger partial charge in [0.15, 0.2) is 9.90 Å². The number of hydrogen-bond donors (Lipinski definition) is 1. The van der Waals surface area contributed by atoms with E-state index >= 15 is 0 Å². The molecule has 0 unspecified atom stereocenters. The number of rotatable bonds is 6. The first-order valence-electron chi connectivity index (χ1n) is 5.93. The van der Waals surface area contributed by atoms with E-state index in [9.17, 15) is 13.2 Å². The summed E-state index contributed by atoms with van der Waals surface area (Å²) in [4.78, 5) is 20.4. The SMILES string of the molecule is CCc1cnc(CNS(=O)(=O)c2scnc2C(=O)OC)s1. The third kappa shape index (κ3) is 3.64. The minimum atomic E-state index is -3.83. The van der Waals surface area contributed by atoms with Crippen LogP contribution in [-0.4, -0.2) is 31.5 Å². The van der Waals surface area contributed by atoms with Crippen LogP contribution in [0.1, 0.15) is 27.3 Å². The molecule has 2 rings (SSSR count). The number of thiazole rings is 2. The van der Waals surface area contributed by atoms with Crippen LogP contribution in [0.3, 0.4) is 0 Å². The predicted octanol–water partition coefficient (Wildman–Crippen LogP) is 1.43. The fourth-order valence-electron chi connectivity index (χ4n) is 1.47. The summed E-state index contributed by atoms with van der Waals surface area (Å²) in [7, 11) is -2.65. The maximum absolute atomic E-state index is 12.2. The lowest BCUT2D eigenvalue weighted by Crippen LogP contribution is -2.24. The average Bonchev–Trinajstić information content (AvgIpc) is 3.13. The van der Waals surface area contributed by atoms with Crippen LogP contribution in [-0.2, 0) is 27.7 Å². The van der Waals surface area contributed by atoms with Crippen LogP contribution in [0.4, 0.5) is 0 Å². The van der Waals surface area contributed by atoms with Gasteiger partial charge in [0.1, 0.15) is 5.01 Å². The number of ether oxygens (including phenoxy) is 1. The molecule has 1 N–H and O–H groups in total. The third-order valence-electron chi connectivity index (χ3n) is 2.52. The molecule has 0 aliphatic carbocycles. The highest BCUT2D eigenvalue weighted by Crippen LogP contribution is 2.21. The summed E-state index contributed by atoms with van der Waals surface area (Å²) >= 11 is 2.31. The Morgan fingerprint density at radius 1 is 1.43 bits per heavy atom. The molecule has 0 bridgehead atoms. The van der Waals surface area contributed by atoms with Crippen molar-refractivity contribution in [3.8, 4) is 0 Å². The van der Waals surface area contributed by atoms with E-state index in [1.54, 1.807) is 6.20 Å². The molecule has 114 valence electrons. The Balaban J connectivity index is 2.15. The average molecular weight is 347 g/mol. The van der Waals surface area contributed by atoms with Crippen molar-refractivity contribution in [2.75, 3.05) is 7.11 Å². The van der Waals surface area contributed by atoms with Gasteiger partial charge in [-0.25, -0.2) is 27.9 Å². The second-order valence-electron chi connectivity index (χ2n) is 3.88. The molecule has 0 atom stereocenters. The van der Waals surface area contributed by atoms with E-state index in [1.807, 2.05) is 6.92 Å². The zero-order chi connectivity index (χ0) is 15.5. The highest BCUT2D eigenvalue weighted by atomic mass is 32.2. The van der Waals surface area contributed by atoms with Crippen LogP contribution in [0.2, 0.25) is 0 Å². The number of methoxy groups -OCH3 is 1. The van der Waals surface area contributed by atoms with Gasteiger partial charge in [0.2, 0.25) is 0 Å². The Bertz CT molecular complexity index is 735. The number of esters is 1. The summed E-state index contributed by atoms with van der Waals surface area (Å²) in [6, 6.07) is 0. The van der Waals surface area contributed by atoms with Crippen LogP contribution in [0.25, 0.3) is 0 Å². The van der Waals surface area contributed by atoms with Gasteiger partial charge in [0.05, 0.1) is 19.2 Å². The van der Waals surface area contributed by atoms with E-state index in [1.165, 1.54) is 24.0 Å². The van der Waals surface area contributed by atoms with Gasteiger partial charge in [-0.15, -0.1) is 22.7 Å². The molecule has 0 saturated heterocycles. The molecule has 0 radical (unpaired) electrons. The first-order chi connectivity index (χ1) is 9.97. The Morgan fingerprint density at radius 3 is 2.81 bits per heavy atom. The number of aryl methyl sites for hydroxylation is 1. The molecule has 0 fully saturated rings. The van der Waals surface area contributed by atoms with Crippen molar-refractivity contribution in [1.82, 2.24) is 14.7 Å². The molecule has 0 aromatic carbocycles. The van der Waals surface area contributed by atoms with Crippen LogP contribution in [0.5, 0.6) is 0 Å². The van der Waals surface area contributed by atoms with Gasteiger partial charge in [-0.3, -0.25) is 0 Å². The Hall–Kier alpha value is -1.36. The highest BCUT2D eigenvalue weighted by Gasteiger charge is 2.26. The summed E-state index contributed by atoms with van der Waals surface area (Å²) in [5.74, 6) is -0.779. The van der Waals surface area contributed by atoms with Gasteiger partial charge >= 0.3 is 5.97 Å². The standard InChI is InChI=1S/C11H13N3O4S3/c1-3-7-4-12-8(20-7)5-14-21(16,17)11-9(10(15)18-2)13-6-19-11/h4,6,14H,3,5H2,1-2H3. The number of hydrogen-bond acceptors (Lipinski definition) is 8. The fourth-order valence-corrected chi connectivity index (χ4v) is 4.53. The fraction of sp³-hybridized carbons (Fsp3) is 0.364. The van der Waals surface area contributed by atoms with E-state index < -0.39 is 16.0 Å². The maximum atomic E-state index is 12.2. The van der Waals surface area contributed by atoms with Crippen molar-refractivity contribution < 1.29 is 17.9 Å². The van der Waals surface area contributed by atoms with Crippen molar-refractivity contribution >= 4 is 38.7 Å². The zero-order valence-electron chi connectivity index (χ0n) is 11.3. The molecule has 21 heavy (non-hydrogen) atoms. The number of nitrogens with one attached hydrogen (secondary N) is 1. The Morgan fingerprint density at radius 2 is 2.19 bits per heavy atom. The van der Waals surface area contributed by atoms with Crippen LogP contribution in [0.15, 0.2) is 15.9 Å². The molecule has 7 nitrogen and oxygen atoms in total. The monoisotopic (exact) mass is 347 g/mol. The number of carbonyl (C=O) groups excluding carboxylic acids is 1. The van der Waals surface area contributed by atoms with Crippen molar-refractivity contribution in [1.29, 1.82) is 0 Å². The smallest absolute Gasteiger partial charge is 0.358 e. The van der Waals surface area contributed by atoms with E-state index in [-0.39, 0.29) is 16.4 Å². The van der Waals surface area contributed by atoms with Gasteiger partial charge in [-0.2, -0.15) is 0 Å².